The van der Waals surface area contributed by atoms with Crippen LogP contribution in [0, 0.1) is 0 Å². The average molecular weight is 582 g/mol. The molecule has 0 bridgehead atoms. The van der Waals surface area contributed by atoms with Crippen LogP contribution in [0.15, 0.2) is 76.6 Å². The Bertz CT molecular complexity index is 1730. The third-order valence-corrected chi connectivity index (χ3v) is 9.14. The molecular formula is C28H27N3O7S2. The Morgan fingerprint density at radius 2 is 1.75 bits per heavy atom. The second-order valence-corrected chi connectivity index (χ2v) is 12.0. The van der Waals surface area contributed by atoms with E-state index < -0.39 is 15.9 Å². The summed E-state index contributed by atoms with van der Waals surface area (Å²) < 4.78 is 46.0. The maximum atomic E-state index is 13.1. The van der Waals surface area contributed by atoms with Crippen molar-refractivity contribution in [2.75, 3.05) is 20.4 Å². The van der Waals surface area contributed by atoms with E-state index in [1.165, 1.54) is 47.0 Å². The maximum Gasteiger partial charge on any atom is 0.307 e. The van der Waals surface area contributed by atoms with Crippen molar-refractivity contribution in [3.8, 4) is 11.5 Å². The van der Waals surface area contributed by atoms with E-state index in [9.17, 15) is 18.0 Å². The largest absolute Gasteiger partial charge is 0.466 e. The highest BCUT2D eigenvalue weighted by Gasteiger charge is 2.22. The molecule has 3 aromatic carbocycles. The van der Waals surface area contributed by atoms with Gasteiger partial charge in [0.15, 0.2) is 16.3 Å². The number of carbonyl (C=O) groups is 2. The van der Waals surface area contributed by atoms with Gasteiger partial charge in [-0.2, -0.15) is 9.30 Å². The molecule has 208 valence electrons. The average Bonchev–Trinajstić information content (AvgIpc) is 3.54. The number of hydrogen-bond acceptors (Lipinski definition) is 8. The number of aryl methyl sites for hydroxylation is 1. The lowest BCUT2D eigenvalue weighted by Crippen LogP contribution is -2.26. The Morgan fingerprint density at radius 1 is 1.05 bits per heavy atom. The number of amides is 1. The summed E-state index contributed by atoms with van der Waals surface area (Å²) >= 11 is 1.28. The van der Waals surface area contributed by atoms with Gasteiger partial charge in [-0.25, -0.2) is 8.42 Å². The second-order valence-electron chi connectivity index (χ2n) is 8.95. The molecule has 0 saturated heterocycles. The summed E-state index contributed by atoms with van der Waals surface area (Å²) in [6.07, 6.45) is 0.0958. The van der Waals surface area contributed by atoms with Crippen molar-refractivity contribution in [3.63, 3.8) is 0 Å². The highest BCUT2D eigenvalue weighted by Crippen LogP contribution is 2.37. The Labute approximate surface area is 235 Å². The number of aromatic nitrogens is 1. The minimum Gasteiger partial charge on any atom is -0.466 e. The summed E-state index contributed by atoms with van der Waals surface area (Å²) in [7, 11) is -2.25. The van der Waals surface area contributed by atoms with Crippen LogP contribution in [-0.2, 0) is 32.6 Å². The van der Waals surface area contributed by atoms with Gasteiger partial charge in [0, 0.05) is 37.8 Å². The molecular weight excluding hydrogens is 554 g/mol. The highest BCUT2D eigenvalue weighted by molar-refractivity contribution is 7.89. The fraction of sp³-hybridized carbons (Fsp3) is 0.250. The van der Waals surface area contributed by atoms with Gasteiger partial charge in [0.25, 0.3) is 5.91 Å². The lowest BCUT2D eigenvalue weighted by atomic mass is 10.2. The molecule has 0 fully saturated rings. The van der Waals surface area contributed by atoms with E-state index in [4.69, 9.17) is 14.2 Å². The summed E-state index contributed by atoms with van der Waals surface area (Å²) in [6.45, 7) is 2.60. The number of rotatable bonds is 9. The zero-order valence-corrected chi connectivity index (χ0v) is 23.5. The summed E-state index contributed by atoms with van der Waals surface area (Å²) in [5.74, 6) is 0.264. The van der Waals surface area contributed by atoms with Crippen LogP contribution in [0.3, 0.4) is 0 Å². The van der Waals surface area contributed by atoms with Crippen LogP contribution in [0.2, 0.25) is 0 Å². The van der Waals surface area contributed by atoms with Crippen molar-refractivity contribution in [1.29, 1.82) is 0 Å². The van der Waals surface area contributed by atoms with Gasteiger partial charge in [-0.3, -0.25) is 9.59 Å². The van der Waals surface area contributed by atoms with Crippen molar-refractivity contribution >= 4 is 43.5 Å². The van der Waals surface area contributed by atoms with Crippen molar-refractivity contribution in [2.24, 2.45) is 4.99 Å². The van der Waals surface area contributed by atoms with Crippen LogP contribution in [0.4, 0.5) is 0 Å². The summed E-state index contributed by atoms with van der Waals surface area (Å²) in [5.41, 5.74) is 1.84. The first kappa shape index (κ1) is 27.6. The number of hydrogen-bond donors (Lipinski definition) is 0. The van der Waals surface area contributed by atoms with Crippen LogP contribution >= 0.6 is 11.3 Å². The molecule has 5 rings (SSSR count). The minimum atomic E-state index is -3.77. The van der Waals surface area contributed by atoms with Crippen LogP contribution in [0.25, 0.3) is 10.2 Å². The predicted octanol–water partition coefficient (Wildman–Crippen LogP) is 3.95. The molecule has 0 spiro atoms. The lowest BCUT2D eigenvalue weighted by molar-refractivity contribution is -0.143. The Morgan fingerprint density at radius 3 is 2.45 bits per heavy atom. The van der Waals surface area contributed by atoms with Crippen LogP contribution in [-0.4, -0.2) is 49.6 Å². The number of nitrogens with zero attached hydrogens (tertiary/aromatic N) is 3. The molecule has 0 unspecified atom stereocenters. The van der Waals surface area contributed by atoms with Crippen molar-refractivity contribution in [2.45, 2.75) is 31.3 Å². The number of esters is 1. The first-order chi connectivity index (χ1) is 19.3. The highest BCUT2D eigenvalue weighted by atomic mass is 32.2. The minimum absolute atomic E-state index is 0.0726. The molecule has 40 heavy (non-hydrogen) atoms. The molecule has 1 aliphatic heterocycles. The zero-order valence-electron chi connectivity index (χ0n) is 21.9. The molecule has 0 saturated carbocycles. The van der Waals surface area contributed by atoms with Crippen LogP contribution < -0.4 is 14.3 Å². The van der Waals surface area contributed by atoms with Gasteiger partial charge in [0.2, 0.25) is 16.8 Å². The van der Waals surface area contributed by atoms with E-state index >= 15 is 0 Å². The monoisotopic (exact) mass is 581 g/mol. The number of carbonyl (C=O) groups excluding carboxylic acids is 2. The van der Waals surface area contributed by atoms with Crippen LogP contribution in [0.1, 0.15) is 29.3 Å². The van der Waals surface area contributed by atoms with Gasteiger partial charge in [-0.15, -0.1) is 0 Å². The molecule has 0 atom stereocenters. The van der Waals surface area contributed by atoms with Crippen LogP contribution in [0.5, 0.6) is 11.5 Å². The Kier molecular flexibility index (Phi) is 8.01. The number of fused-ring (bicyclic) bond motifs is 2. The van der Waals surface area contributed by atoms with E-state index in [2.05, 4.69) is 4.99 Å². The van der Waals surface area contributed by atoms with Gasteiger partial charge >= 0.3 is 5.97 Å². The van der Waals surface area contributed by atoms with E-state index in [0.717, 1.165) is 15.8 Å². The van der Waals surface area contributed by atoms with Crippen molar-refractivity contribution in [3.05, 3.63) is 82.7 Å². The molecule has 1 aromatic heterocycles. The van der Waals surface area contributed by atoms with Gasteiger partial charge in [-0.1, -0.05) is 41.7 Å². The lowest BCUT2D eigenvalue weighted by Gasteiger charge is -2.17. The molecule has 0 radical (unpaired) electrons. The third kappa shape index (κ3) is 5.79. The summed E-state index contributed by atoms with van der Waals surface area (Å²) in [6, 6.07) is 18.6. The third-order valence-electron chi connectivity index (χ3n) is 6.28. The van der Waals surface area contributed by atoms with Crippen molar-refractivity contribution < 1.29 is 32.2 Å². The summed E-state index contributed by atoms with van der Waals surface area (Å²) in [4.78, 5) is 30.0. The summed E-state index contributed by atoms with van der Waals surface area (Å²) in [5, 5.41) is 0. The first-order valence-electron chi connectivity index (χ1n) is 12.5. The maximum absolute atomic E-state index is 13.1. The number of sulfonamides is 1. The van der Waals surface area contributed by atoms with E-state index in [1.54, 1.807) is 17.6 Å². The van der Waals surface area contributed by atoms with Gasteiger partial charge in [-0.05, 0) is 36.8 Å². The normalized spacial score (nSPS) is 13.2. The Hall–Kier alpha value is -4.00. The Balaban J connectivity index is 1.42. The fourth-order valence-corrected chi connectivity index (χ4v) is 6.45. The zero-order chi connectivity index (χ0) is 28.3. The first-order valence-corrected chi connectivity index (χ1v) is 14.8. The van der Waals surface area contributed by atoms with E-state index in [0.29, 0.717) is 16.3 Å². The molecule has 2 heterocycles. The standard InChI is InChI=1S/C28H27N3O7S2/c1-3-36-26(32)13-14-31-22-15-23-24(38-18-37-23)16-25(22)39-28(31)29-27(33)20-9-11-21(12-10-20)40(34,35)30(2)17-19-7-5-4-6-8-19/h4-12,15-16H,3,13-14,17-18H2,1-2H3. The molecule has 10 nitrogen and oxygen atoms in total. The number of ether oxygens (including phenoxy) is 3. The van der Waals surface area contributed by atoms with Gasteiger partial charge in [0.05, 0.1) is 28.1 Å². The molecule has 1 amide bonds. The SMILES string of the molecule is CCOC(=O)CCn1c(=NC(=O)c2ccc(S(=O)(=O)N(C)Cc3ccccc3)cc2)sc2cc3c(cc21)OCO3. The predicted molar refractivity (Wildman–Crippen MR) is 149 cm³/mol. The second kappa shape index (κ2) is 11.6. The molecule has 12 heteroatoms. The topological polar surface area (TPSA) is 117 Å². The fourth-order valence-electron chi connectivity index (χ4n) is 4.22. The molecule has 0 aliphatic carbocycles. The quantitative estimate of drug-likeness (QED) is 0.275. The molecule has 4 aromatic rings. The molecule has 0 N–H and O–H groups in total. The van der Waals surface area contributed by atoms with Crippen molar-refractivity contribution in [1.82, 2.24) is 8.87 Å². The number of thiazole rings is 1. The van der Waals surface area contributed by atoms with E-state index in [1.807, 2.05) is 36.4 Å². The smallest absolute Gasteiger partial charge is 0.307 e. The van der Waals surface area contributed by atoms with E-state index in [-0.39, 0.29) is 49.3 Å². The molecule has 1 aliphatic rings. The van der Waals surface area contributed by atoms with Gasteiger partial charge < -0.3 is 18.8 Å². The number of benzene rings is 3. The van der Waals surface area contributed by atoms with Gasteiger partial charge in [0.1, 0.15) is 0 Å².